The highest BCUT2D eigenvalue weighted by molar-refractivity contribution is 6.30. The molecule has 1 aromatic heterocycles. The highest BCUT2D eigenvalue weighted by Crippen LogP contribution is 2.44. The molecule has 1 aliphatic heterocycles. The van der Waals surface area contributed by atoms with Gasteiger partial charge in [0.25, 0.3) is 0 Å². The number of hydrogen-bond donors (Lipinski definition) is 0. The molecule has 4 nitrogen and oxygen atoms in total. The largest absolute Gasteiger partial charge is 0.479 e. The summed E-state index contributed by atoms with van der Waals surface area (Å²) < 4.78 is 13.6. The molecule has 0 saturated carbocycles. The number of hydrogen-bond acceptors (Lipinski definition) is 3. The minimum absolute atomic E-state index is 0.0612. The number of rotatable bonds is 5. The van der Waals surface area contributed by atoms with Gasteiger partial charge in [-0.25, -0.2) is 4.79 Å². The van der Waals surface area contributed by atoms with E-state index in [4.69, 9.17) is 21.1 Å². The Morgan fingerprint density at radius 1 is 1.17 bits per heavy atom. The zero-order valence-electron chi connectivity index (χ0n) is 16.7. The van der Waals surface area contributed by atoms with Crippen molar-refractivity contribution in [3.05, 3.63) is 87.6 Å². The molecule has 0 spiro atoms. The Bertz CT molecular complexity index is 1010. The Hall–Kier alpha value is -2.72. The van der Waals surface area contributed by atoms with E-state index in [9.17, 15) is 4.79 Å². The molecule has 2 heterocycles. The first kappa shape index (κ1) is 19.6. The number of fused-ring (bicyclic) bond motifs is 1. The van der Waals surface area contributed by atoms with Gasteiger partial charge in [0.1, 0.15) is 0 Å². The predicted molar refractivity (Wildman–Crippen MR) is 114 cm³/mol. The first-order valence-corrected chi connectivity index (χ1v) is 10.3. The number of benzene rings is 2. The van der Waals surface area contributed by atoms with Gasteiger partial charge in [0.2, 0.25) is 0 Å². The van der Waals surface area contributed by atoms with Gasteiger partial charge in [-0.2, -0.15) is 0 Å². The Morgan fingerprint density at radius 3 is 2.59 bits per heavy atom. The predicted octanol–water partition coefficient (Wildman–Crippen LogP) is 5.59. The van der Waals surface area contributed by atoms with Crippen LogP contribution in [0.1, 0.15) is 52.0 Å². The molecule has 0 saturated heterocycles. The topological polar surface area (TPSA) is 40.5 Å². The van der Waals surface area contributed by atoms with Crippen LogP contribution >= 0.6 is 11.6 Å². The lowest BCUT2D eigenvalue weighted by molar-refractivity contribution is 0.0523. The second-order valence-corrected chi connectivity index (χ2v) is 7.65. The number of carbonyl (C=O) groups is 1. The second kappa shape index (κ2) is 8.34. The molecular formula is C24H24ClNO3. The monoisotopic (exact) mass is 409 g/mol. The van der Waals surface area contributed by atoms with Gasteiger partial charge in [-0.05, 0) is 43.5 Å². The fraction of sp³-hybridized carbons (Fsp3) is 0.292. The normalized spacial score (nSPS) is 15.5. The maximum absolute atomic E-state index is 12.9. The third-order valence-electron chi connectivity index (χ3n) is 5.44. The Labute approximate surface area is 176 Å². The van der Waals surface area contributed by atoms with Crippen LogP contribution in [-0.2, 0) is 11.3 Å². The van der Waals surface area contributed by atoms with Crippen molar-refractivity contribution >= 4 is 17.6 Å². The molecule has 2 aromatic carbocycles. The molecule has 0 fully saturated rings. The van der Waals surface area contributed by atoms with Gasteiger partial charge in [-0.1, -0.05) is 54.1 Å². The molecule has 0 amide bonds. The van der Waals surface area contributed by atoms with E-state index in [-0.39, 0.29) is 11.9 Å². The lowest BCUT2D eigenvalue weighted by atomic mass is 9.86. The van der Waals surface area contributed by atoms with Crippen molar-refractivity contribution in [1.82, 2.24) is 4.57 Å². The van der Waals surface area contributed by atoms with Crippen LogP contribution < -0.4 is 4.74 Å². The first-order chi connectivity index (χ1) is 14.1. The maximum atomic E-state index is 12.9. The third kappa shape index (κ3) is 3.77. The highest BCUT2D eigenvalue weighted by atomic mass is 35.5. The summed E-state index contributed by atoms with van der Waals surface area (Å²) in [4.78, 5) is 12.9. The van der Waals surface area contributed by atoms with Crippen molar-refractivity contribution < 1.29 is 14.3 Å². The van der Waals surface area contributed by atoms with Crippen molar-refractivity contribution in [1.29, 1.82) is 0 Å². The van der Waals surface area contributed by atoms with Crippen molar-refractivity contribution in [2.75, 3.05) is 13.2 Å². The van der Waals surface area contributed by atoms with Crippen LogP contribution in [0, 0.1) is 6.92 Å². The summed E-state index contributed by atoms with van der Waals surface area (Å²) in [7, 11) is 0. The lowest BCUT2D eigenvalue weighted by Gasteiger charge is -2.26. The summed E-state index contributed by atoms with van der Waals surface area (Å²) in [5.41, 5.74) is 4.70. The van der Waals surface area contributed by atoms with Crippen LogP contribution in [0.4, 0.5) is 0 Å². The van der Waals surface area contributed by atoms with E-state index in [0.717, 1.165) is 34.7 Å². The van der Waals surface area contributed by atoms with Crippen molar-refractivity contribution in [3.63, 3.8) is 0 Å². The summed E-state index contributed by atoms with van der Waals surface area (Å²) in [6.45, 7) is 5.37. The molecule has 1 atom stereocenters. The summed E-state index contributed by atoms with van der Waals surface area (Å²) >= 11 is 6.09. The van der Waals surface area contributed by atoms with Crippen LogP contribution in [0.15, 0.2) is 54.6 Å². The zero-order chi connectivity index (χ0) is 20.4. The minimum Gasteiger partial charge on any atom is -0.479 e. The lowest BCUT2D eigenvalue weighted by Crippen LogP contribution is -2.18. The van der Waals surface area contributed by atoms with E-state index in [1.54, 1.807) is 0 Å². The third-order valence-corrected chi connectivity index (χ3v) is 5.69. The van der Waals surface area contributed by atoms with E-state index in [1.807, 2.05) is 56.3 Å². The van der Waals surface area contributed by atoms with Crippen LogP contribution in [0.3, 0.4) is 0 Å². The van der Waals surface area contributed by atoms with E-state index in [1.165, 1.54) is 0 Å². The molecule has 0 unspecified atom stereocenters. The van der Waals surface area contributed by atoms with Gasteiger partial charge in [-0.3, -0.25) is 0 Å². The number of nitrogens with zero attached hydrogens (tertiary/aromatic N) is 1. The van der Waals surface area contributed by atoms with Gasteiger partial charge >= 0.3 is 5.97 Å². The molecule has 0 aliphatic carbocycles. The molecule has 4 rings (SSSR count). The molecular weight excluding hydrogens is 386 g/mol. The standard InChI is InChI=1S/C24H24ClNO3/c1-3-28-24(27)21-16(2)26(15-17-7-5-4-6-8-17)23-22(21)20(13-14-29-23)18-9-11-19(25)12-10-18/h4-12,20H,3,13-15H2,1-2H3/t20-/m0/s1. The van der Waals surface area contributed by atoms with Gasteiger partial charge in [0.05, 0.1) is 25.3 Å². The minimum atomic E-state index is -0.294. The molecule has 0 bridgehead atoms. The van der Waals surface area contributed by atoms with Crippen LogP contribution in [0.25, 0.3) is 0 Å². The highest BCUT2D eigenvalue weighted by Gasteiger charge is 2.35. The number of aromatic nitrogens is 1. The first-order valence-electron chi connectivity index (χ1n) is 9.92. The fourth-order valence-electron chi connectivity index (χ4n) is 4.08. The fourth-order valence-corrected chi connectivity index (χ4v) is 4.20. The Balaban J connectivity index is 1.86. The average Bonchev–Trinajstić information content (AvgIpc) is 3.01. The summed E-state index contributed by atoms with van der Waals surface area (Å²) in [5.74, 6) is 0.532. The number of halogens is 1. The molecule has 3 aromatic rings. The number of ether oxygens (including phenoxy) is 2. The van der Waals surface area contributed by atoms with E-state index in [2.05, 4.69) is 16.7 Å². The summed E-state index contributed by atoms with van der Waals surface area (Å²) in [6, 6.07) is 18.0. The molecule has 29 heavy (non-hydrogen) atoms. The Kier molecular flexibility index (Phi) is 5.63. The number of esters is 1. The Morgan fingerprint density at radius 2 is 1.90 bits per heavy atom. The zero-order valence-corrected chi connectivity index (χ0v) is 17.4. The maximum Gasteiger partial charge on any atom is 0.340 e. The van der Waals surface area contributed by atoms with E-state index >= 15 is 0 Å². The average molecular weight is 410 g/mol. The molecule has 150 valence electrons. The SMILES string of the molecule is CCOC(=O)c1c2c(n(Cc3ccccc3)c1C)OCC[C@H]2c1ccc(Cl)cc1. The van der Waals surface area contributed by atoms with Crippen molar-refractivity contribution in [3.8, 4) is 5.88 Å². The summed E-state index contributed by atoms with van der Waals surface area (Å²) in [5, 5.41) is 0.699. The van der Waals surface area contributed by atoms with E-state index < -0.39 is 0 Å². The van der Waals surface area contributed by atoms with Crippen LogP contribution in [0.5, 0.6) is 5.88 Å². The summed E-state index contributed by atoms with van der Waals surface area (Å²) in [6.07, 6.45) is 0.801. The quantitative estimate of drug-likeness (QED) is 0.516. The molecule has 1 aliphatic rings. The van der Waals surface area contributed by atoms with Crippen molar-refractivity contribution in [2.45, 2.75) is 32.7 Å². The van der Waals surface area contributed by atoms with Gasteiger partial charge in [0.15, 0.2) is 5.88 Å². The molecule has 5 heteroatoms. The van der Waals surface area contributed by atoms with Gasteiger partial charge in [0, 0.05) is 22.2 Å². The van der Waals surface area contributed by atoms with Crippen LogP contribution in [-0.4, -0.2) is 23.8 Å². The van der Waals surface area contributed by atoms with Gasteiger partial charge < -0.3 is 14.0 Å². The smallest absolute Gasteiger partial charge is 0.340 e. The van der Waals surface area contributed by atoms with Gasteiger partial charge in [-0.15, -0.1) is 0 Å². The molecule has 0 N–H and O–H groups in total. The van der Waals surface area contributed by atoms with Crippen LogP contribution in [0.2, 0.25) is 5.02 Å². The van der Waals surface area contributed by atoms with E-state index in [0.29, 0.717) is 30.3 Å². The number of carbonyl (C=O) groups excluding carboxylic acids is 1. The van der Waals surface area contributed by atoms with Crippen molar-refractivity contribution in [2.24, 2.45) is 0 Å². The molecule has 0 radical (unpaired) electrons. The second-order valence-electron chi connectivity index (χ2n) is 7.21.